The van der Waals surface area contributed by atoms with Gasteiger partial charge in [0.1, 0.15) is 5.60 Å². The van der Waals surface area contributed by atoms with Gasteiger partial charge in [0, 0.05) is 20.1 Å². The second kappa shape index (κ2) is 9.30. The number of ether oxygens (including phenoxy) is 1. The van der Waals surface area contributed by atoms with Crippen LogP contribution in [-0.4, -0.2) is 36.1 Å². The Morgan fingerprint density at radius 2 is 1.80 bits per heavy atom. The van der Waals surface area contributed by atoms with Crippen molar-refractivity contribution in [2.24, 2.45) is 16.6 Å². The molecular weight excluding hydrogens is 316 g/mol. The Morgan fingerprint density at radius 3 is 2.32 bits per heavy atom. The number of hydrogen-bond acceptors (Lipinski definition) is 3. The van der Waals surface area contributed by atoms with E-state index in [4.69, 9.17) is 10.5 Å². The number of nitrogens with one attached hydrogen (secondary N) is 1. The molecule has 0 saturated heterocycles. The Balaban J connectivity index is 2.53. The van der Waals surface area contributed by atoms with Gasteiger partial charge in [-0.05, 0) is 37.8 Å². The molecule has 25 heavy (non-hydrogen) atoms. The number of carbonyl (C=O) groups excluding carboxylic acids is 1. The van der Waals surface area contributed by atoms with E-state index in [1.807, 2.05) is 45.0 Å². The van der Waals surface area contributed by atoms with Crippen molar-refractivity contribution >= 4 is 12.1 Å². The van der Waals surface area contributed by atoms with Crippen molar-refractivity contribution in [3.8, 4) is 0 Å². The minimum atomic E-state index is -0.489. The number of benzene rings is 1. The van der Waals surface area contributed by atoms with Gasteiger partial charge in [-0.3, -0.25) is 0 Å². The van der Waals surface area contributed by atoms with E-state index in [9.17, 15) is 4.79 Å². The lowest BCUT2D eigenvalue weighted by Crippen LogP contribution is -2.34. The summed E-state index contributed by atoms with van der Waals surface area (Å²) in [5.74, 6) is 0.984. The molecule has 1 aromatic rings. The van der Waals surface area contributed by atoms with Crippen LogP contribution in [0, 0.1) is 5.92 Å². The van der Waals surface area contributed by atoms with Gasteiger partial charge < -0.3 is 20.7 Å². The van der Waals surface area contributed by atoms with Crippen LogP contribution >= 0.6 is 0 Å². The third-order valence-electron chi connectivity index (χ3n) is 3.27. The second-order valence-electron chi connectivity index (χ2n) is 7.63. The quantitative estimate of drug-likeness (QED) is 0.611. The molecule has 0 heterocycles. The minimum Gasteiger partial charge on any atom is -0.444 e. The van der Waals surface area contributed by atoms with Crippen LogP contribution in [0.2, 0.25) is 0 Å². The Morgan fingerprint density at radius 1 is 1.24 bits per heavy atom. The van der Waals surface area contributed by atoms with E-state index in [0.29, 0.717) is 25.0 Å². The summed E-state index contributed by atoms with van der Waals surface area (Å²) in [6.45, 7) is 11.6. The molecule has 6 nitrogen and oxygen atoms in total. The summed E-state index contributed by atoms with van der Waals surface area (Å²) in [6, 6.07) is 7.97. The third-order valence-corrected chi connectivity index (χ3v) is 3.27. The summed E-state index contributed by atoms with van der Waals surface area (Å²) in [6.07, 6.45) is -0.329. The molecular formula is C19H32N4O2. The fraction of sp³-hybridized carbons (Fsp3) is 0.579. The molecule has 0 radical (unpaired) electrons. The molecule has 0 fully saturated rings. The molecule has 1 amide bonds. The smallest absolute Gasteiger partial charge is 0.410 e. The molecule has 0 bridgehead atoms. The van der Waals surface area contributed by atoms with Gasteiger partial charge in [0.2, 0.25) is 0 Å². The molecule has 0 aliphatic carbocycles. The van der Waals surface area contributed by atoms with Crippen LogP contribution in [-0.2, 0) is 17.8 Å². The first-order valence-electron chi connectivity index (χ1n) is 8.62. The highest BCUT2D eigenvalue weighted by atomic mass is 16.6. The van der Waals surface area contributed by atoms with E-state index in [-0.39, 0.29) is 6.09 Å². The van der Waals surface area contributed by atoms with E-state index in [1.54, 1.807) is 11.9 Å². The van der Waals surface area contributed by atoms with Gasteiger partial charge in [0.05, 0.1) is 6.54 Å². The van der Waals surface area contributed by atoms with E-state index in [1.165, 1.54) is 0 Å². The summed E-state index contributed by atoms with van der Waals surface area (Å²) in [7, 11) is 1.73. The number of nitrogens with zero attached hydrogens (tertiary/aromatic N) is 2. The van der Waals surface area contributed by atoms with Gasteiger partial charge in [-0.15, -0.1) is 0 Å². The van der Waals surface area contributed by atoms with Crippen molar-refractivity contribution in [2.75, 3.05) is 13.6 Å². The van der Waals surface area contributed by atoms with Crippen LogP contribution < -0.4 is 11.1 Å². The highest BCUT2D eigenvalue weighted by Crippen LogP contribution is 2.12. The number of guanidine groups is 1. The summed E-state index contributed by atoms with van der Waals surface area (Å²) in [4.78, 5) is 17.9. The predicted molar refractivity (Wildman–Crippen MR) is 102 cm³/mol. The highest BCUT2D eigenvalue weighted by Gasteiger charge is 2.19. The van der Waals surface area contributed by atoms with Crippen LogP contribution in [0.5, 0.6) is 0 Å². The van der Waals surface area contributed by atoms with Crippen LogP contribution in [0.15, 0.2) is 29.3 Å². The lowest BCUT2D eigenvalue weighted by atomic mass is 10.1. The van der Waals surface area contributed by atoms with Crippen molar-refractivity contribution in [1.82, 2.24) is 10.2 Å². The second-order valence-corrected chi connectivity index (χ2v) is 7.63. The van der Waals surface area contributed by atoms with Gasteiger partial charge in [0.25, 0.3) is 0 Å². The van der Waals surface area contributed by atoms with Crippen LogP contribution in [0.1, 0.15) is 45.7 Å². The Bertz CT molecular complexity index is 574. The van der Waals surface area contributed by atoms with Crippen LogP contribution in [0.4, 0.5) is 4.79 Å². The molecule has 1 rings (SSSR count). The molecule has 0 spiro atoms. The number of carbonyl (C=O) groups is 1. The maximum atomic E-state index is 12.0. The third kappa shape index (κ3) is 8.98. The van der Waals surface area contributed by atoms with E-state index in [0.717, 1.165) is 17.7 Å². The molecule has 0 unspecified atom stereocenters. The molecule has 140 valence electrons. The molecule has 0 saturated carbocycles. The summed E-state index contributed by atoms with van der Waals surface area (Å²) >= 11 is 0. The summed E-state index contributed by atoms with van der Waals surface area (Å²) < 4.78 is 5.35. The van der Waals surface area contributed by atoms with Gasteiger partial charge in [-0.25, -0.2) is 9.79 Å². The van der Waals surface area contributed by atoms with Gasteiger partial charge in [-0.1, -0.05) is 38.1 Å². The van der Waals surface area contributed by atoms with Crippen LogP contribution in [0.25, 0.3) is 0 Å². The number of amides is 1. The maximum Gasteiger partial charge on any atom is 0.410 e. The first kappa shape index (κ1) is 20.8. The van der Waals surface area contributed by atoms with Crippen molar-refractivity contribution < 1.29 is 9.53 Å². The molecule has 1 aromatic carbocycles. The predicted octanol–water partition coefficient (Wildman–Crippen LogP) is 3.11. The zero-order chi connectivity index (χ0) is 19.0. The fourth-order valence-electron chi connectivity index (χ4n) is 1.97. The number of nitrogens with two attached hydrogens (primary N) is 1. The van der Waals surface area contributed by atoms with Gasteiger partial charge in [0.15, 0.2) is 5.96 Å². The molecule has 0 aliphatic heterocycles. The average Bonchev–Trinajstić information content (AvgIpc) is 2.50. The SMILES string of the molecule is CC(C)CNC(N)=NCc1ccc(CN(C)C(=O)OC(C)(C)C)cc1. The Kier molecular flexibility index (Phi) is 7.74. The molecule has 0 aliphatic rings. The number of rotatable bonds is 6. The van der Waals surface area contributed by atoms with E-state index >= 15 is 0 Å². The van der Waals surface area contributed by atoms with Crippen LogP contribution in [0.3, 0.4) is 0 Å². The first-order valence-corrected chi connectivity index (χ1v) is 8.62. The molecule has 0 aromatic heterocycles. The Hall–Kier alpha value is -2.24. The number of hydrogen-bond donors (Lipinski definition) is 2. The van der Waals surface area contributed by atoms with Gasteiger partial charge in [-0.2, -0.15) is 0 Å². The standard InChI is InChI=1S/C19H32N4O2/c1-14(2)11-21-17(20)22-12-15-7-9-16(10-8-15)13-23(6)18(24)25-19(3,4)5/h7-10,14H,11-13H2,1-6H3,(H3,20,21,22). The maximum absolute atomic E-state index is 12.0. The van der Waals surface area contributed by atoms with E-state index in [2.05, 4.69) is 24.2 Å². The summed E-state index contributed by atoms with van der Waals surface area (Å²) in [5.41, 5.74) is 7.44. The highest BCUT2D eigenvalue weighted by molar-refractivity contribution is 5.77. The van der Waals surface area contributed by atoms with E-state index < -0.39 is 5.60 Å². The number of aliphatic imine (C=N–C) groups is 1. The Labute approximate surface area is 151 Å². The largest absolute Gasteiger partial charge is 0.444 e. The lowest BCUT2D eigenvalue weighted by molar-refractivity contribution is 0.0285. The zero-order valence-corrected chi connectivity index (χ0v) is 16.3. The summed E-state index contributed by atoms with van der Waals surface area (Å²) in [5, 5.41) is 3.09. The average molecular weight is 348 g/mol. The zero-order valence-electron chi connectivity index (χ0n) is 16.3. The molecule has 6 heteroatoms. The van der Waals surface area contributed by atoms with Crippen molar-refractivity contribution in [1.29, 1.82) is 0 Å². The first-order chi connectivity index (χ1) is 11.6. The topological polar surface area (TPSA) is 80.0 Å². The van der Waals surface area contributed by atoms with Crippen molar-refractivity contribution in [3.63, 3.8) is 0 Å². The van der Waals surface area contributed by atoms with Gasteiger partial charge >= 0.3 is 6.09 Å². The fourth-order valence-corrected chi connectivity index (χ4v) is 1.97. The monoisotopic (exact) mass is 348 g/mol. The molecule has 3 N–H and O–H groups in total. The normalized spacial score (nSPS) is 12.2. The molecule has 0 atom stereocenters. The van der Waals surface area contributed by atoms with Crippen molar-refractivity contribution in [3.05, 3.63) is 35.4 Å². The lowest BCUT2D eigenvalue weighted by Gasteiger charge is -2.24. The van der Waals surface area contributed by atoms with Crippen molar-refractivity contribution in [2.45, 2.75) is 53.3 Å². The minimum absolute atomic E-state index is 0.329.